The van der Waals surface area contributed by atoms with E-state index in [0.29, 0.717) is 5.15 Å². The van der Waals surface area contributed by atoms with Crippen molar-refractivity contribution in [2.24, 2.45) is 0 Å². The van der Waals surface area contributed by atoms with Crippen molar-refractivity contribution < 1.29 is 0 Å². The van der Waals surface area contributed by atoms with Crippen LogP contribution >= 0.6 is 27.5 Å². The molecule has 5 heteroatoms. The van der Waals surface area contributed by atoms with Crippen molar-refractivity contribution in [3.05, 3.63) is 34.4 Å². The van der Waals surface area contributed by atoms with Gasteiger partial charge in [-0.25, -0.2) is 9.97 Å². The third-order valence-corrected chi connectivity index (χ3v) is 2.33. The molecule has 0 aliphatic heterocycles. The zero-order valence-electron chi connectivity index (χ0n) is 6.46. The summed E-state index contributed by atoms with van der Waals surface area (Å²) in [6.07, 6.45) is 4.96. The molecule has 0 aliphatic carbocycles. The van der Waals surface area contributed by atoms with Crippen molar-refractivity contribution in [1.29, 1.82) is 0 Å². The van der Waals surface area contributed by atoms with E-state index in [0.717, 1.165) is 15.7 Å². The van der Waals surface area contributed by atoms with Crippen molar-refractivity contribution >= 4 is 27.5 Å². The number of nitrogens with one attached hydrogen (secondary N) is 1. The molecular weight excluding hydrogens is 253 g/mol. The van der Waals surface area contributed by atoms with Gasteiger partial charge in [-0.15, -0.1) is 0 Å². The van der Waals surface area contributed by atoms with Crippen LogP contribution in [0.1, 0.15) is 0 Å². The summed E-state index contributed by atoms with van der Waals surface area (Å²) in [4.78, 5) is 10.9. The van der Waals surface area contributed by atoms with Crippen LogP contribution in [0.25, 0.3) is 11.3 Å². The van der Waals surface area contributed by atoms with Crippen molar-refractivity contribution in [3.63, 3.8) is 0 Å². The molecule has 2 aromatic rings. The van der Waals surface area contributed by atoms with E-state index in [-0.39, 0.29) is 0 Å². The van der Waals surface area contributed by atoms with E-state index in [1.54, 1.807) is 18.7 Å². The Bertz CT molecular complexity index is 413. The minimum atomic E-state index is 0.465. The largest absolute Gasteiger partial charge is 0.345 e. The van der Waals surface area contributed by atoms with Crippen LogP contribution in [0.2, 0.25) is 5.15 Å². The van der Waals surface area contributed by atoms with Crippen LogP contribution in [0, 0.1) is 0 Å². The van der Waals surface area contributed by atoms with E-state index in [2.05, 4.69) is 30.9 Å². The van der Waals surface area contributed by atoms with Crippen LogP contribution in [0.4, 0.5) is 0 Å². The second-order valence-electron chi connectivity index (χ2n) is 2.46. The molecule has 66 valence electrons. The molecule has 0 unspecified atom stereocenters. The summed E-state index contributed by atoms with van der Waals surface area (Å²) >= 11 is 9.23. The first-order valence-corrected chi connectivity index (χ1v) is 4.74. The van der Waals surface area contributed by atoms with Gasteiger partial charge in [-0.2, -0.15) is 0 Å². The van der Waals surface area contributed by atoms with Gasteiger partial charge in [-0.05, 0) is 22.0 Å². The maximum Gasteiger partial charge on any atom is 0.138 e. The van der Waals surface area contributed by atoms with E-state index < -0.39 is 0 Å². The molecule has 0 radical (unpaired) electrons. The molecule has 2 heterocycles. The normalized spacial score (nSPS) is 10.3. The highest BCUT2D eigenvalue weighted by molar-refractivity contribution is 9.10. The van der Waals surface area contributed by atoms with Crippen LogP contribution in [0.5, 0.6) is 0 Å². The highest BCUT2D eigenvalue weighted by atomic mass is 79.9. The number of aromatic nitrogens is 3. The Morgan fingerprint density at radius 2 is 2.23 bits per heavy atom. The first-order chi connectivity index (χ1) is 6.27. The van der Waals surface area contributed by atoms with Gasteiger partial charge in [0.2, 0.25) is 0 Å². The molecule has 0 atom stereocenters. The number of pyridine rings is 1. The quantitative estimate of drug-likeness (QED) is 0.799. The van der Waals surface area contributed by atoms with Crippen molar-refractivity contribution in [2.45, 2.75) is 0 Å². The molecule has 2 rings (SSSR count). The van der Waals surface area contributed by atoms with Gasteiger partial charge in [-0.3, -0.25) is 0 Å². The first-order valence-electron chi connectivity index (χ1n) is 3.57. The van der Waals surface area contributed by atoms with E-state index in [1.807, 2.05) is 6.07 Å². The van der Waals surface area contributed by atoms with Gasteiger partial charge < -0.3 is 4.98 Å². The second-order valence-corrected chi connectivity index (χ2v) is 3.73. The molecule has 0 saturated heterocycles. The highest BCUT2D eigenvalue weighted by Gasteiger charge is 2.05. The number of aromatic amines is 1. The Morgan fingerprint density at radius 3 is 2.92 bits per heavy atom. The summed E-state index contributed by atoms with van der Waals surface area (Å²) in [6, 6.07) is 1.89. The summed E-state index contributed by atoms with van der Waals surface area (Å²) in [5.41, 5.74) is 1.70. The Kier molecular flexibility index (Phi) is 2.33. The lowest BCUT2D eigenvalue weighted by Gasteiger charge is -2.00. The summed E-state index contributed by atoms with van der Waals surface area (Å²) in [5, 5.41) is 0.465. The van der Waals surface area contributed by atoms with Gasteiger partial charge in [-0.1, -0.05) is 11.6 Å². The van der Waals surface area contributed by atoms with Gasteiger partial charge in [0.25, 0.3) is 0 Å². The van der Waals surface area contributed by atoms with Gasteiger partial charge in [0.1, 0.15) is 5.15 Å². The van der Waals surface area contributed by atoms with Crippen LogP contribution in [-0.2, 0) is 0 Å². The maximum absolute atomic E-state index is 5.91. The van der Waals surface area contributed by atoms with Gasteiger partial charge in [0.05, 0.1) is 18.2 Å². The monoisotopic (exact) mass is 257 g/mol. The fourth-order valence-electron chi connectivity index (χ4n) is 1.01. The maximum atomic E-state index is 5.91. The number of H-pyrrole nitrogens is 1. The Hall–Kier alpha value is -0.870. The Labute approximate surface area is 88.3 Å². The second kappa shape index (κ2) is 3.47. The molecular formula is C8H5BrClN3. The molecule has 0 bridgehead atoms. The van der Waals surface area contributed by atoms with Crippen LogP contribution in [0.3, 0.4) is 0 Å². The molecule has 3 nitrogen and oxygen atoms in total. The molecule has 0 fully saturated rings. The molecule has 0 saturated carbocycles. The summed E-state index contributed by atoms with van der Waals surface area (Å²) in [5.74, 6) is 0. The summed E-state index contributed by atoms with van der Waals surface area (Å²) in [7, 11) is 0. The van der Waals surface area contributed by atoms with E-state index in [1.165, 1.54) is 0 Å². The van der Waals surface area contributed by atoms with Crippen molar-refractivity contribution in [3.8, 4) is 11.3 Å². The molecule has 2 aromatic heterocycles. The van der Waals surface area contributed by atoms with Crippen LogP contribution in [-0.4, -0.2) is 15.0 Å². The highest BCUT2D eigenvalue weighted by Crippen LogP contribution is 2.26. The number of rotatable bonds is 1. The van der Waals surface area contributed by atoms with Crippen LogP contribution in [0.15, 0.2) is 29.3 Å². The predicted octanol–water partition coefficient (Wildman–Crippen LogP) is 2.89. The van der Waals surface area contributed by atoms with Crippen molar-refractivity contribution in [2.75, 3.05) is 0 Å². The van der Waals surface area contributed by atoms with E-state index in [4.69, 9.17) is 11.6 Å². The topological polar surface area (TPSA) is 41.6 Å². The SMILES string of the molecule is Clc1ncc(Br)cc1-c1cnc[nH]1. The molecule has 13 heavy (non-hydrogen) atoms. The molecule has 1 N–H and O–H groups in total. The number of hydrogen-bond acceptors (Lipinski definition) is 2. The number of halogens is 2. The molecule has 0 aromatic carbocycles. The predicted molar refractivity (Wildman–Crippen MR) is 54.5 cm³/mol. The Balaban J connectivity index is 2.57. The number of hydrogen-bond donors (Lipinski definition) is 1. The average Bonchev–Trinajstić information content (AvgIpc) is 2.61. The summed E-state index contributed by atoms with van der Waals surface area (Å²) in [6.45, 7) is 0. The third-order valence-electron chi connectivity index (χ3n) is 1.59. The van der Waals surface area contributed by atoms with Gasteiger partial charge >= 0.3 is 0 Å². The zero-order valence-corrected chi connectivity index (χ0v) is 8.80. The number of nitrogens with zero attached hydrogens (tertiary/aromatic N) is 2. The molecule has 0 spiro atoms. The van der Waals surface area contributed by atoms with E-state index in [9.17, 15) is 0 Å². The van der Waals surface area contributed by atoms with Gasteiger partial charge in [0.15, 0.2) is 0 Å². The Morgan fingerprint density at radius 1 is 1.38 bits per heavy atom. The lowest BCUT2D eigenvalue weighted by atomic mass is 10.2. The third kappa shape index (κ3) is 1.73. The lowest BCUT2D eigenvalue weighted by Crippen LogP contribution is -1.83. The van der Waals surface area contributed by atoms with Crippen molar-refractivity contribution in [1.82, 2.24) is 15.0 Å². The smallest absolute Gasteiger partial charge is 0.138 e. The van der Waals surface area contributed by atoms with Crippen LogP contribution < -0.4 is 0 Å². The average molecular weight is 259 g/mol. The summed E-state index contributed by atoms with van der Waals surface area (Å²) < 4.78 is 0.890. The minimum absolute atomic E-state index is 0.465. The molecule has 0 aliphatic rings. The lowest BCUT2D eigenvalue weighted by molar-refractivity contribution is 1.28. The minimum Gasteiger partial charge on any atom is -0.345 e. The molecule has 0 amide bonds. The fourth-order valence-corrected chi connectivity index (χ4v) is 1.55. The first kappa shape index (κ1) is 8.72. The number of imidazole rings is 1. The van der Waals surface area contributed by atoms with Gasteiger partial charge in [0, 0.05) is 16.2 Å². The standard InChI is InChI=1S/C8H5BrClN3/c9-5-1-6(8(10)12-2-5)7-3-11-4-13-7/h1-4H,(H,11,13). The zero-order chi connectivity index (χ0) is 9.26. The fraction of sp³-hybridized carbons (Fsp3) is 0. The van der Waals surface area contributed by atoms with E-state index >= 15 is 0 Å².